The molecule has 2 N–H and O–H groups in total. The van der Waals surface area contributed by atoms with Crippen LogP contribution in [0, 0.1) is 10.1 Å². The van der Waals surface area contributed by atoms with Gasteiger partial charge in [-0.15, -0.1) is 0 Å². The lowest BCUT2D eigenvalue weighted by Crippen LogP contribution is -1.94. The van der Waals surface area contributed by atoms with Crippen molar-refractivity contribution in [3.8, 4) is 0 Å². The Balaban J connectivity index is 2.23. The summed E-state index contributed by atoms with van der Waals surface area (Å²) < 4.78 is 0. The van der Waals surface area contributed by atoms with Crippen molar-refractivity contribution in [2.24, 2.45) is 0 Å². The molecule has 6 nitrogen and oxygen atoms in total. The first-order chi connectivity index (χ1) is 8.65. The van der Waals surface area contributed by atoms with E-state index in [1.165, 1.54) is 12.1 Å². The van der Waals surface area contributed by atoms with Crippen molar-refractivity contribution < 1.29 is 4.92 Å². The molecule has 1 aromatic heterocycles. The number of non-ortho nitro benzene ring substituents is 1. The first kappa shape index (κ1) is 11.7. The number of nitrogens with zero attached hydrogens (tertiary/aromatic N) is 3. The van der Waals surface area contributed by atoms with Crippen molar-refractivity contribution in [1.82, 2.24) is 9.97 Å². The minimum absolute atomic E-state index is 0.0550. The highest BCUT2D eigenvalue weighted by atomic mass is 16.6. The van der Waals surface area contributed by atoms with Gasteiger partial charge in [0, 0.05) is 18.3 Å². The van der Waals surface area contributed by atoms with Gasteiger partial charge in [0.1, 0.15) is 0 Å². The van der Waals surface area contributed by atoms with E-state index in [-0.39, 0.29) is 11.6 Å². The van der Waals surface area contributed by atoms with Crippen LogP contribution in [-0.2, 0) is 0 Å². The normalized spacial score (nSPS) is 10.7. The van der Waals surface area contributed by atoms with Crippen LogP contribution >= 0.6 is 0 Å². The number of anilines is 1. The molecule has 18 heavy (non-hydrogen) atoms. The Labute approximate surface area is 103 Å². The Morgan fingerprint density at radius 2 is 2.11 bits per heavy atom. The molecule has 0 saturated carbocycles. The highest BCUT2D eigenvalue weighted by molar-refractivity contribution is 5.69. The third-order valence-electron chi connectivity index (χ3n) is 2.22. The molecule has 1 heterocycles. The Morgan fingerprint density at radius 3 is 2.83 bits per heavy atom. The van der Waals surface area contributed by atoms with Crippen molar-refractivity contribution in [3.05, 3.63) is 57.9 Å². The molecule has 0 spiro atoms. The summed E-state index contributed by atoms with van der Waals surface area (Å²) in [6.07, 6.45) is 5.00. The van der Waals surface area contributed by atoms with E-state index in [1.807, 2.05) is 0 Å². The standard InChI is InChI=1S/C12H10N4O2/c13-12-14-7-6-10(15-12)5-4-9-2-1-3-11(8-9)16(17)18/h1-8H,(H2,13,14,15). The Morgan fingerprint density at radius 1 is 1.28 bits per heavy atom. The molecule has 0 fully saturated rings. The quantitative estimate of drug-likeness (QED) is 0.657. The third kappa shape index (κ3) is 2.88. The zero-order valence-corrected chi connectivity index (χ0v) is 9.35. The molecule has 90 valence electrons. The maximum Gasteiger partial charge on any atom is 0.270 e. The van der Waals surface area contributed by atoms with Crippen molar-refractivity contribution in [3.63, 3.8) is 0 Å². The molecule has 6 heteroatoms. The first-order valence-electron chi connectivity index (χ1n) is 5.16. The van der Waals surface area contributed by atoms with Gasteiger partial charge < -0.3 is 5.73 Å². The lowest BCUT2D eigenvalue weighted by molar-refractivity contribution is -0.384. The molecular weight excluding hydrogens is 232 g/mol. The van der Waals surface area contributed by atoms with Gasteiger partial charge in [0.15, 0.2) is 0 Å². The summed E-state index contributed by atoms with van der Waals surface area (Å²) in [6, 6.07) is 8.03. The summed E-state index contributed by atoms with van der Waals surface area (Å²) in [5, 5.41) is 10.6. The van der Waals surface area contributed by atoms with E-state index in [2.05, 4.69) is 9.97 Å². The van der Waals surface area contributed by atoms with Gasteiger partial charge >= 0.3 is 0 Å². The minimum atomic E-state index is -0.431. The fourth-order valence-electron chi connectivity index (χ4n) is 1.40. The summed E-state index contributed by atoms with van der Waals surface area (Å²) in [7, 11) is 0. The van der Waals surface area contributed by atoms with E-state index in [1.54, 1.807) is 36.5 Å². The van der Waals surface area contributed by atoms with Crippen LogP contribution in [0.3, 0.4) is 0 Å². The number of nitrogens with two attached hydrogens (primary N) is 1. The molecule has 0 amide bonds. The summed E-state index contributed by atoms with van der Waals surface area (Å²) in [5.41, 5.74) is 6.87. The molecule has 0 saturated heterocycles. The summed E-state index contributed by atoms with van der Waals surface area (Å²) in [5.74, 6) is 0.191. The second kappa shape index (κ2) is 5.05. The number of hydrogen-bond donors (Lipinski definition) is 1. The van der Waals surface area contributed by atoms with Gasteiger partial charge in [-0.2, -0.15) is 0 Å². The van der Waals surface area contributed by atoms with Crippen molar-refractivity contribution in [2.75, 3.05) is 5.73 Å². The van der Waals surface area contributed by atoms with Crippen LogP contribution in [0.4, 0.5) is 11.6 Å². The number of aromatic nitrogens is 2. The molecule has 1 aromatic carbocycles. The van der Waals surface area contributed by atoms with Gasteiger partial charge in [-0.05, 0) is 17.7 Å². The smallest absolute Gasteiger partial charge is 0.270 e. The average molecular weight is 242 g/mol. The number of nitro benzene ring substituents is 1. The fraction of sp³-hybridized carbons (Fsp3) is 0. The fourth-order valence-corrected chi connectivity index (χ4v) is 1.40. The molecule has 0 bridgehead atoms. The van der Waals surface area contributed by atoms with Crippen LogP contribution in [0.25, 0.3) is 12.2 Å². The van der Waals surface area contributed by atoms with E-state index >= 15 is 0 Å². The van der Waals surface area contributed by atoms with Crippen molar-refractivity contribution in [1.29, 1.82) is 0 Å². The van der Waals surface area contributed by atoms with Gasteiger partial charge in [0.2, 0.25) is 5.95 Å². The molecule has 0 aliphatic carbocycles. The van der Waals surface area contributed by atoms with Crippen molar-refractivity contribution in [2.45, 2.75) is 0 Å². The SMILES string of the molecule is Nc1nccc(C=Cc2cccc([N+](=O)[O-])c2)n1. The van der Waals surface area contributed by atoms with Gasteiger partial charge in [-0.1, -0.05) is 18.2 Å². The van der Waals surface area contributed by atoms with E-state index in [4.69, 9.17) is 5.73 Å². The molecule has 0 unspecified atom stereocenters. The number of benzene rings is 1. The van der Waals surface area contributed by atoms with Crippen LogP contribution in [0.2, 0.25) is 0 Å². The lowest BCUT2D eigenvalue weighted by atomic mass is 10.2. The summed E-state index contributed by atoms with van der Waals surface area (Å²) in [6.45, 7) is 0. The molecule has 0 atom stereocenters. The molecule has 0 radical (unpaired) electrons. The predicted molar refractivity (Wildman–Crippen MR) is 68.5 cm³/mol. The van der Waals surface area contributed by atoms with Crippen LogP contribution in [0.15, 0.2) is 36.5 Å². The van der Waals surface area contributed by atoms with Gasteiger partial charge in [-0.25, -0.2) is 9.97 Å². The molecule has 0 aliphatic rings. The summed E-state index contributed by atoms with van der Waals surface area (Å²) >= 11 is 0. The van der Waals surface area contributed by atoms with Gasteiger partial charge in [0.25, 0.3) is 5.69 Å². The second-order valence-electron chi connectivity index (χ2n) is 3.53. The molecule has 2 rings (SSSR count). The Hall–Kier alpha value is -2.76. The molecule has 0 aliphatic heterocycles. The number of hydrogen-bond acceptors (Lipinski definition) is 5. The van der Waals surface area contributed by atoms with Crippen LogP contribution < -0.4 is 5.73 Å². The zero-order chi connectivity index (χ0) is 13.0. The molecule has 2 aromatic rings. The number of nitro groups is 1. The van der Waals surface area contributed by atoms with E-state index < -0.39 is 4.92 Å². The topological polar surface area (TPSA) is 94.9 Å². The van der Waals surface area contributed by atoms with Crippen LogP contribution in [0.5, 0.6) is 0 Å². The second-order valence-corrected chi connectivity index (χ2v) is 3.53. The van der Waals surface area contributed by atoms with Crippen molar-refractivity contribution >= 4 is 23.8 Å². The largest absolute Gasteiger partial charge is 0.368 e. The lowest BCUT2D eigenvalue weighted by Gasteiger charge is -1.95. The minimum Gasteiger partial charge on any atom is -0.368 e. The average Bonchev–Trinajstić information content (AvgIpc) is 2.37. The maximum absolute atomic E-state index is 10.6. The Kier molecular flexibility index (Phi) is 3.29. The van der Waals surface area contributed by atoms with E-state index in [0.29, 0.717) is 5.69 Å². The predicted octanol–water partition coefficient (Wildman–Crippen LogP) is 2.14. The highest BCUT2D eigenvalue weighted by Gasteiger charge is 2.03. The third-order valence-corrected chi connectivity index (χ3v) is 2.22. The van der Waals surface area contributed by atoms with Gasteiger partial charge in [0.05, 0.1) is 10.6 Å². The van der Waals surface area contributed by atoms with Crippen LogP contribution in [0.1, 0.15) is 11.3 Å². The zero-order valence-electron chi connectivity index (χ0n) is 9.35. The molecular formula is C12H10N4O2. The number of rotatable bonds is 3. The summed E-state index contributed by atoms with van der Waals surface area (Å²) in [4.78, 5) is 18.0. The maximum atomic E-state index is 10.6. The number of nitrogen functional groups attached to an aromatic ring is 1. The van der Waals surface area contributed by atoms with E-state index in [0.717, 1.165) is 5.56 Å². The monoisotopic (exact) mass is 242 g/mol. The first-order valence-corrected chi connectivity index (χ1v) is 5.16. The van der Waals surface area contributed by atoms with Gasteiger partial charge in [-0.3, -0.25) is 10.1 Å². The van der Waals surface area contributed by atoms with Crippen LogP contribution in [-0.4, -0.2) is 14.9 Å². The highest BCUT2D eigenvalue weighted by Crippen LogP contribution is 2.15. The van der Waals surface area contributed by atoms with E-state index in [9.17, 15) is 10.1 Å². The Bertz CT molecular complexity index is 611.